The van der Waals surface area contributed by atoms with Crippen LogP contribution in [0.15, 0.2) is 60.7 Å². The number of non-ortho nitro benzene ring substituents is 1. The molecule has 1 N–H and O–H groups in total. The van der Waals surface area contributed by atoms with Crippen LogP contribution >= 0.6 is 0 Å². The standard InChI is InChI=1S/C20H19N3O4/c24-19(14-21-20(25)17-7-4-8-18(13-17)23(26)27)22-11-9-16(10-12-22)15-5-2-1-3-6-15/h1-9,13H,10-12,14H2,(H,21,25). The number of nitrogens with one attached hydrogen (secondary N) is 1. The predicted octanol–water partition coefficient (Wildman–Crippen LogP) is 2.64. The topological polar surface area (TPSA) is 92.6 Å². The zero-order valence-corrected chi connectivity index (χ0v) is 14.6. The molecule has 2 amide bonds. The van der Waals surface area contributed by atoms with Gasteiger partial charge in [-0.05, 0) is 23.6 Å². The largest absolute Gasteiger partial charge is 0.343 e. The van der Waals surface area contributed by atoms with Gasteiger partial charge in [0.1, 0.15) is 0 Å². The van der Waals surface area contributed by atoms with Crippen LogP contribution in [0, 0.1) is 10.1 Å². The van der Waals surface area contributed by atoms with Gasteiger partial charge in [-0.25, -0.2) is 0 Å². The summed E-state index contributed by atoms with van der Waals surface area (Å²) in [6.45, 7) is 0.942. The van der Waals surface area contributed by atoms with Crippen molar-refractivity contribution in [1.82, 2.24) is 10.2 Å². The molecule has 2 aromatic rings. The van der Waals surface area contributed by atoms with E-state index in [1.165, 1.54) is 29.8 Å². The second kappa shape index (κ2) is 8.27. The van der Waals surface area contributed by atoms with Crippen molar-refractivity contribution in [3.8, 4) is 0 Å². The lowest BCUT2D eigenvalue weighted by Crippen LogP contribution is -2.42. The summed E-state index contributed by atoms with van der Waals surface area (Å²) in [6, 6.07) is 15.4. The van der Waals surface area contributed by atoms with E-state index in [-0.39, 0.29) is 23.7 Å². The fraction of sp³-hybridized carbons (Fsp3) is 0.200. The number of carbonyl (C=O) groups is 2. The van der Waals surface area contributed by atoms with Crippen molar-refractivity contribution >= 4 is 23.1 Å². The summed E-state index contributed by atoms with van der Waals surface area (Å²) in [4.78, 5) is 36.4. The van der Waals surface area contributed by atoms with Gasteiger partial charge in [-0.2, -0.15) is 0 Å². The van der Waals surface area contributed by atoms with Gasteiger partial charge in [0, 0.05) is 30.8 Å². The molecule has 0 radical (unpaired) electrons. The van der Waals surface area contributed by atoms with Crippen LogP contribution in [0.4, 0.5) is 5.69 Å². The summed E-state index contributed by atoms with van der Waals surface area (Å²) in [5.41, 5.74) is 2.36. The molecule has 0 unspecified atom stereocenters. The molecule has 0 aromatic heterocycles. The molecular formula is C20H19N3O4. The average molecular weight is 365 g/mol. The Morgan fingerprint density at radius 2 is 1.89 bits per heavy atom. The molecule has 0 bridgehead atoms. The minimum atomic E-state index is -0.563. The molecule has 138 valence electrons. The lowest BCUT2D eigenvalue weighted by molar-refractivity contribution is -0.384. The highest BCUT2D eigenvalue weighted by Gasteiger charge is 2.19. The number of carbonyl (C=O) groups excluding carboxylic acids is 2. The molecule has 0 saturated heterocycles. The van der Waals surface area contributed by atoms with Crippen molar-refractivity contribution in [2.75, 3.05) is 19.6 Å². The summed E-state index contributed by atoms with van der Waals surface area (Å²) >= 11 is 0. The maximum absolute atomic E-state index is 12.3. The van der Waals surface area contributed by atoms with Gasteiger partial charge in [0.15, 0.2) is 0 Å². The van der Waals surface area contributed by atoms with Crippen LogP contribution < -0.4 is 5.32 Å². The minimum Gasteiger partial charge on any atom is -0.343 e. The smallest absolute Gasteiger partial charge is 0.270 e. The van der Waals surface area contributed by atoms with E-state index in [2.05, 4.69) is 5.32 Å². The van der Waals surface area contributed by atoms with E-state index < -0.39 is 10.8 Å². The second-order valence-corrected chi connectivity index (χ2v) is 6.18. The van der Waals surface area contributed by atoms with Gasteiger partial charge < -0.3 is 10.2 Å². The molecule has 0 saturated carbocycles. The first-order chi connectivity index (χ1) is 13.0. The maximum atomic E-state index is 12.3. The van der Waals surface area contributed by atoms with Crippen LogP contribution in [0.25, 0.3) is 5.57 Å². The number of nitrogens with zero attached hydrogens (tertiary/aromatic N) is 2. The Hall–Kier alpha value is -3.48. The number of nitro benzene ring substituents is 1. The summed E-state index contributed by atoms with van der Waals surface area (Å²) < 4.78 is 0. The van der Waals surface area contributed by atoms with Gasteiger partial charge in [0.05, 0.1) is 11.5 Å². The highest BCUT2D eigenvalue weighted by atomic mass is 16.6. The van der Waals surface area contributed by atoms with Crippen LogP contribution in [0.3, 0.4) is 0 Å². The van der Waals surface area contributed by atoms with Gasteiger partial charge >= 0.3 is 0 Å². The first-order valence-corrected chi connectivity index (χ1v) is 8.59. The zero-order valence-electron chi connectivity index (χ0n) is 14.6. The van der Waals surface area contributed by atoms with E-state index in [1.54, 1.807) is 4.90 Å². The highest BCUT2D eigenvalue weighted by molar-refractivity contribution is 5.97. The Morgan fingerprint density at radius 3 is 2.56 bits per heavy atom. The molecule has 3 rings (SSSR count). The number of hydrogen-bond donors (Lipinski definition) is 1. The van der Waals surface area contributed by atoms with E-state index >= 15 is 0 Å². The number of hydrogen-bond acceptors (Lipinski definition) is 4. The fourth-order valence-corrected chi connectivity index (χ4v) is 2.94. The molecule has 0 fully saturated rings. The summed E-state index contributed by atoms with van der Waals surface area (Å²) in [7, 11) is 0. The zero-order chi connectivity index (χ0) is 19.2. The van der Waals surface area contributed by atoms with Gasteiger partial charge in [0.25, 0.3) is 11.6 Å². The SMILES string of the molecule is O=C(NCC(=O)N1CC=C(c2ccccc2)CC1)c1cccc([N+](=O)[O-])c1. The maximum Gasteiger partial charge on any atom is 0.270 e. The Labute approximate surface area is 156 Å². The van der Waals surface area contributed by atoms with E-state index in [0.29, 0.717) is 13.1 Å². The van der Waals surface area contributed by atoms with Crippen molar-refractivity contribution < 1.29 is 14.5 Å². The fourth-order valence-electron chi connectivity index (χ4n) is 2.94. The van der Waals surface area contributed by atoms with E-state index in [4.69, 9.17) is 0 Å². The molecule has 0 aliphatic carbocycles. The van der Waals surface area contributed by atoms with E-state index in [0.717, 1.165) is 12.0 Å². The van der Waals surface area contributed by atoms with Crippen molar-refractivity contribution in [3.05, 3.63) is 81.9 Å². The van der Waals surface area contributed by atoms with Gasteiger partial charge in [0.2, 0.25) is 5.91 Å². The summed E-state index contributed by atoms with van der Waals surface area (Å²) in [5.74, 6) is -0.693. The van der Waals surface area contributed by atoms with Crippen molar-refractivity contribution in [2.24, 2.45) is 0 Å². The monoisotopic (exact) mass is 365 g/mol. The quantitative estimate of drug-likeness (QED) is 0.651. The molecule has 1 aliphatic heterocycles. The van der Waals surface area contributed by atoms with Crippen LogP contribution in [-0.4, -0.2) is 41.3 Å². The third-order valence-electron chi connectivity index (χ3n) is 4.43. The van der Waals surface area contributed by atoms with Crippen LogP contribution in [0.2, 0.25) is 0 Å². The average Bonchev–Trinajstić information content (AvgIpc) is 2.72. The molecule has 0 atom stereocenters. The normalized spacial score (nSPS) is 13.6. The van der Waals surface area contributed by atoms with Crippen molar-refractivity contribution in [1.29, 1.82) is 0 Å². The van der Waals surface area contributed by atoms with E-state index in [1.807, 2.05) is 36.4 Å². The molecular weight excluding hydrogens is 346 g/mol. The predicted molar refractivity (Wildman–Crippen MR) is 101 cm³/mol. The number of rotatable bonds is 5. The second-order valence-electron chi connectivity index (χ2n) is 6.18. The molecule has 0 spiro atoms. The summed E-state index contributed by atoms with van der Waals surface area (Å²) in [5, 5.41) is 13.3. The number of benzene rings is 2. The van der Waals surface area contributed by atoms with Crippen LogP contribution in [-0.2, 0) is 4.79 Å². The third kappa shape index (κ3) is 4.58. The Kier molecular flexibility index (Phi) is 5.61. The highest BCUT2D eigenvalue weighted by Crippen LogP contribution is 2.21. The van der Waals surface area contributed by atoms with Crippen LogP contribution in [0.5, 0.6) is 0 Å². The lowest BCUT2D eigenvalue weighted by Gasteiger charge is -2.26. The third-order valence-corrected chi connectivity index (χ3v) is 4.43. The summed E-state index contributed by atoms with van der Waals surface area (Å²) in [6.07, 6.45) is 2.79. The Morgan fingerprint density at radius 1 is 1.11 bits per heavy atom. The molecule has 7 heteroatoms. The first-order valence-electron chi connectivity index (χ1n) is 8.59. The molecule has 2 aromatic carbocycles. The number of nitro groups is 1. The molecule has 27 heavy (non-hydrogen) atoms. The first kappa shape index (κ1) is 18.3. The molecule has 7 nitrogen and oxygen atoms in total. The van der Waals surface area contributed by atoms with Crippen molar-refractivity contribution in [3.63, 3.8) is 0 Å². The molecule has 1 aliphatic rings. The van der Waals surface area contributed by atoms with E-state index in [9.17, 15) is 19.7 Å². The number of amides is 2. The van der Waals surface area contributed by atoms with Gasteiger partial charge in [-0.3, -0.25) is 19.7 Å². The molecule has 1 heterocycles. The van der Waals surface area contributed by atoms with Crippen LogP contribution in [0.1, 0.15) is 22.3 Å². The van der Waals surface area contributed by atoms with Gasteiger partial charge in [-0.15, -0.1) is 0 Å². The van der Waals surface area contributed by atoms with Crippen molar-refractivity contribution in [2.45, 2.75) is 6.42 Å². The lowest BCUT2D eigenvalue weighted by atomic mass is 9.99. The van der Waals surface area contributed by atoms with Gasteiger partial charge in [-0.1, -0.05) is 42.5 Å². The minimum absolute atomic E-state index is 0.143. The Balaban J connectivity index is 1.54. The Bertz CT molecular complexity index is 893.